The number of hydrogen-bond donors (Lipinski definition) is 1. The maximum absolute atomic E-state index is 11.5. The Labute approximate surface area is 93.2 Å². The van der Waals surface area contributed by atoms with Crippen molar-refractivity contribution in [2.45, 2.75) is 20.8 Å². The Bertz CT molecular complexity index is 474. The first-order valence-corrected chi connectivity index (χ1v) is 5.11. The lowest BCUT2D eigenvalue weighted by molar-refractivity contribution is -0.432. The van der Waals surface area contributed by atoms with Crippen molar-refractivity contribution in [3.05, 3.63) is 11.6 Å². The van der Waals surface area contributed by atoms with Crippen LogP contribution >= 0.6 is 0 Å². The van der Waals surface area contributed by atoms with Gasteiger partial charge >= 0.3 is 5.95 Å². The van der Waals surface area contributed by atoms with Gasteiger partial charge in [0.05, 0.1) is 5.92 Å². The van der Waals surface area contributed by atoms with E-state index in [0.717, 1.165) is 0 Å². The Kier molecular flexibility index (Phi) is 2.41. The molecule has 1 aromatic rings. The van der Waals surface area contributed by atoms with Gasteiger partial charge in [-0.2, -0.15) is 4.98 Å². The van der Waals surface area contributed by atoms with Gasteiger partial charge in [-0.25, -0.2) is 4.58 Å². The summed E-state index contributed by atoms with van der Waals surface area (Å²) in [5.41, 5.74) is 5.87. The van der Waals surface area contributed by atoms with Gasteiger partial charge in [0.25, 0.3) is 0 Å². The minimum atomic E-state index is -0.252. The Balaban J connectivity index is 2.49. The molecule has 0 amide bonds. The summed E-state index contributed by atoms with van der Waals surface area (Å²) < 4.78 is 1.65. The van der Waals surface area contributed by atoms with E-state index in [2.05, 4.69) is 15.0 Å². The van der Waals surface area contributed by atoms with Crippen LogP contribution in [0.4, 0.5) is 5.95 Å². The molecule has 1 atom stereocenters. The van der Waals surface area contributed by atoms with Crippen molar-refractivity contribution < 1.29 is 9.37 Å². The van der Waals surface area contributed by atoms with Crippen LogP contribution in [0.5, 0.6) is 0 Å². The van der Waals surface area contributed by atoms with E-state index in [4.69, 9.17) is 5.73 Å². The number of ketones is 1. The molecule has 0 unspecified atom stereocenters. The van der Waals surface area contributed by atoms with Crippen LogP contribution in [0.3, 0.4) is 0 Å². The zero-order valence-electron chi connectivity index (χ0n) is 9.56. The molecule has 1 aliphatic heterocycles. The Morgan fingerprint density at radius 3 is 2.25 bits per heavy atom. The molecule has 0 saturated carbocycles. The van der Waals surface area contributed by atoms with Gasteiger partial charge in [-0.15, -0.1) is 0 Å². The van der Waals surface area contributed by atoms with Crippen LogP contribution in [0, 0.1) is 19.8 Å². The Morgan fingerprint density at radius 2 is 1.81 bits per heavy atom. The summed E-state index contributed by atoms with van der Waals surface area (Å²) in [7, 11) is 0. The second-order valence-electron chi connectivity index (χ2n) is 3.93. The van der Waals surface area contributed by atoms with Crippen LogP contribution in [0.1, 0.15) is 18.6 Å². The average Bonchev–Trinajstić information content (AvgIpc) is 2.44. The fraction of sp³-hybridized carbons (Fsp3) is 0.500. The van der Waals surface area contributed by atoms with Crippen molar-refractivity contribution in [1.29, 1.82) is 0 Å². The fourth-order valence-electron chi connectivity index (χ4n) is 1.69. The molecule has 1 aromatic heterocycles. The highest BCUT2D eigenvalue weighted by Gasteiger charge is 2.33. The van der Waals surface area contributed by atoms with Gasteiger partial charge in [-0.1, -0.05) is 9.97 Å². The molecule has 0 fully saturated rings. The molecule has 0 aromatic carbocycles. The molecule has 6 heteroatoms. The molecule has 1 aliphatic rings. The lowest BCUT2D eigenvalue weighted by Gasteiger charge is -2.00. The summed E-state index contributed by atoms with van der Waals surface area (Å²) in [6.45, 7) is 5.61. The number of rotatable bonds is 1. The summed E-state index contributed by atoms with van der Waals surface area (Å²) in [4.78, 5) is 24.0. The number of aromatic nitrogens is 3. The number of carbonyl (C=O) groups is 1. The Hall–Kier alpha value is -1.85. The lowest BCUT2D eigenvalue weighted by Crippen LogP contribution is -2.26. The molecule has 2 heterocycles. The Morgan fingerprint density at radius 1 is 1.25 bits per heavy atom. The molecule has 16 heavy (non-hydrogen) atoms. The maximum Gasteiger partial charge on any atom is 0.388 e. The normalized spacial score (nSPS) is 20.7. The lowest BCUT2D eigenvalue weighted by atomic mass is 10.1. The zero-order chi connectivity index (χ0) is 11.9. The first-order valence-electron chi connectivity index (χ1n) is 5.11. The molecular weight excluding hydrogens is 206 g/mol. The highest BCUT2D eigenvalue weighted by Crippen LogP contribution is 2.14. The van der Waals surface area contributed by atoms with Crippen molar-refractivity contribution in [3.63, 3.8) is 0 Å². The predicted molar refractivity (Wildman–Crippen MR) is 57.5 cm³/mol. The molecule has 2 rings (SSSR count). The summed E-state index contributed by atoms with van der Waals surface area (Å²) >= 11 is 0. The SMILES string of the molecule is Cc1nc(C)nc([N+]2=C(N)[C@H](C)C(=O)C2)n1. The molecule has 6 nitrogen and oxygen atoms in total. The van der Waals surface area contributed by atoms with Crippen molar-refractivity contribution in [3.8, 4) is 0 Å². The van der Waals surface area contributed by atoms with Crippen LogP contribution in [0.25, 0.3) is 0 Å². The summed E-state index contributed by atoms with van der Waals surface area (Å²) in [6, 6.07) is 0. The van der Waals surface area contributed by atoms with E-state index in [-0.39, 0.29) is 18.2 Å². The number of carbonyl (C=O) groups excluding carboxylic acids is 1. The first-order chi connectivity index (χ1) is 7.49. The molecule has 0 bridgehead atoms. The smallest absolute Gasteiger partial charge is 0.338 e. The van der Waals surface area contributed by atoms with E-state index in [9.17, 15) is 4.79 Å². The number of Topliss-reactive ketones (excluding diaryl/α,β-unsaturated/α-hetero) is 1. The number of amidine groups is 1. The third kappa shape index (κ3) is 1.66. The standard InChI is InChI=1S/C10H13N5O/c1-5-8(16)4-15(9(5)11)10-13-6(2)12-7(3)14-10/h5,11H,4H2,1-3H3/p+1/t5-/m1/s1. The van der Waals surface area contributed by atoms with Crippen LogP contribution < -0.4 is 5.73 Å². The predicted octanol–water partition coefficient (Wildman–Crippen LogP) is -0.292. The van der Waals surface area contributed by atoms with E-state index in [1.807, 2.05) is 0 Å². The molecule has 2 N–H and O–H groups in total. The van der Waals surface area contributed by atoms with E-state index in [1.54, 1.807) is 25.3 Å². The fourth-order valence-corrected chi connectivity index (χ4v) is 1.69. The van der Waals surface area contributed by atoms with Crippen molar-refractivity contribution in [2.75, 3.05) is 6.54 Å². The minimum absolute atomic E-state index is 0.0909. The first kappa shape index (κ1) is 10.7. The summed E-state index contributed by atoms with van der Waals surface area (Å²) in [5.74, 6) is 2.06. The second kappa shape index (κ2) is 3.62. The monoisotopic (exact) mass is 220 g/mol. The van der Waals surface area contributed by atoms with Crippen LogP contribution in [0.2, 0.25) is 0 Å². The average molecular weight is 220 g/mol. The van der Waals surface area contributed by atoms with Crippen molar-refractivity contribution >= 4 is 17.6 Å². The van der Waals surface area contributed by atoms with Crippen LogP contribution in [-0.2, 0) is 4.79 Å². The molecule has 0 radical (unpaired) electrons. The van der Waals surface area contributed by atoms with Gasteiger partial charge in [-0.05, 0) is 6.92 Å². The van der Waals surface area contributed by atoms with Gasteiger partial charge in [-0.3, -0.25) is 4.79 Å². The minimum Gasteiger partial charge on any atom is -0.338 e. The van der Waals surface area contributed by atoms with Crippen LogP contribution in [-0.4, -0.2) is 37.7 Å². The van der Waals surface area contributed by atoms with Crippen molar-refractivity contribution in [2.24, 2.45) is 11.7 Å². The topological polar surface area (TPSA) is 84.8 Å². The molecular formula is C10H14N5O+. The van der Waals surface area contributed by atoms with E-state index in [1.165, 1.54) is 0 Å². The zero-order valence-corrected chi connectivity index (χ0v) is 9.56. The van der Waals surface area contributed by atoms with Crippen molar-refractivity contribution in [1.82, 2.24) is 15.0 Å². The molecule has 0 aliphatic carbocycles. The number of nitrogens with two attached hydrogens (primary N) is 1. The molecule has 0 spiro atoms. The summed E-state index contributed by atoms with van der Waals surface area (Å²) in [5, 5.41) is 0. The third-order valence-electron chi connectivity index (χ3n) is 2.64. The maximum atomic E-state index is 11.5. The number of hydrogen-bond acceptors (Lipinski definition) is 5. The number of aryl methyl sites for hydroxylation is 2. The highest BCUT2D eigenvalue weighted by molar-refractivity contribution is 6.04. The molecule has 84 valence electrons. The summed E-state index contributed by atoms with van der Waals surface area (Å²) in [6.07, 6.45) is 0. The van der Waals surface area contributed by atoms with Gasteiger partial charge in [0.15, 0.2) is 23.3 Å². The second-order valence-corrected chi connectivity index (χ2v) is 3.93. The van der Waals surface area contributed by atoms with Gasteiger partial charge in [0, 0.05) is 13.8 Å². The van der Waals surface area contributed by atoms with E-state index >= 15 is 0 Å². The van der Waals surface area contributed by atoms with Gasteiger partial charge < -0.3 is 5.73 Å². The van der Waals surface area contributed by atoms with Crippen LogP contribution in [0.15, 0.2) is 0 Å². The molecule has 0 saturated heterocycles. The van der Waals surface area contributed by atoms with Gasteiger partial charge in [0.1, 0.15) is 6.54 Å². The quantitative estimate of drug-likeness (QED) is 0.657. The van der Waals surface area contributed by atoms with E-state index in [0.29, 0.717) is 23.4 Å². The van der Waals surface area contributed by atoms with Gasteiger partial charge in [0.2, 0.25) is 0 Å². The number of nitrogens with zero attached hydrogens (tertiary/aromatic N) is 4. The van der Waals surface area contributed by atoms with E-state index < -0.39 is 0 Å². The highest BCUT2D eigenvalue weighted by atomic mass is 16.1. The largest absolute Gasteiger partial charge is 0.388 e. The third-order valence-corrected chi connectivity index (χ3v) is 2.64.